The van der Waals surface area contributed by atoms with Crippen molar-refractivity contribution < 1.29 is 0 Å². The van der Waals surface area contributed by atoms with Crippen molar-refractivity contribution in [3.8, 4) is 0 Å². The van der Waals surface area contributed by atoms with Gasteiger partial charge in [0, 0.05) is 12.6 Å². The van der Waals surface area contributed by atoms with Crippen LogP contribution in [0.5, 0.6) is 0 Å². The molecule has 0 bridgehead atoms. The van der Waals surface area contributed by atoms with E-state index in [-0.39, 0.29) is 0 Å². The standard InChI is InChI=1S/C17H26N6/c1-13-6-2-4-10-23(13)11-5-3-9-19-16-14-7-8-15(18)22-17(14)21-12-20-16/h7-8,12-13H,2-6,9-11H2,1H3,(H3,18,19,20,21,22). The summed E-state index contributed by atoms with van der Waals surface area (Å²) in [5.74, 6) is 1.33. The van der Waals surface area contributed by atoms with E-state index in [1.165, 1.54) is 45.1 Å². The van der Waals surface area contributed by atoms with Crippen molar-refractivity contribution in [1.82, 2.24) is 19.9 Å². The molecule has 23 heavy (non-hydrogen) atoms. The number of anilines is 2. The van der Waals surface area contributed by atoms with E-state index in [9.17, 15) is 0 Å². The molecule has 6 nitrogen and oxygen atoms in total. The fraction of sp³-hybridized carbons (Fsp3) is 0.588. The number of nitrogens with two attached hydrogens (primary N) is 1. The lowest BCUT2D eigenvalue weighted by atomic mass is 10.0. The number of rotatable bonds is 6. The van der Waals surface area contributed by atoms with Crippen LogP contribution in [0.3, 0.4) is 0 Å². The van der Waals surface area contributed by atoms with Gasteiger partial charge >= 0.3 is 0 Å². The monoisotopic (exact) mass is 314 g/mol. The number of nitrogens with one attached hydrogen (secondary N) is 1. The molecule has 1 fully saturated rings. The summed E-state index contributed by atoms with van der Waals surface area (Å²) in [7, 11) is 0. The maximum Gasteiger partial charge on any atom is 0.166 e. The maximum absolute atomic E-state index is 5.70. The summed E-state index contributed by atoms with van der Waals surface area (Å²) >= 11 is 0. The summed E-state index contributed by atoms with van der Waals surface area (Å²) in [4.78, 5) is 15.3. The van der Waals surface area contributed by atoms with Gasteiger partial charge in [-0.15, -0.1) is 0 Å². The first-order chi connectivity index (χ1) is 11.2. The minimum atomic E-state index is 0.484. The van der Waals surface area contributed by atoms with E-state index in [0.29, 0.717) is 11.5 Å². The first-order valence-electron chi connectivity index (χ1n) is 8.59. The number of likely N-dealkylation sites (tertiary alicyclic amines) is 1. The number of nitrogen functional groups attached to an aromatic ring is 1. The lowest BCUT2D eigenvalue weighted by molar-refractivity contribution is 0.158. The third kappa shape index (κ3) is 4.07. The van der Waals surface area contributed by atoms with Gasteiger partial charge in [0.2, 0.25) is 0 Å². The van der Waals surface area contributed by atoms with Crippen molar-refractivity contribution in [3.05, 3.63) is 18.5 Å². The average Bonchev–Trinajstić information content (AvgIpc) is 2.56. The average molecular weight is 314 g/mol. The van der Waals surface area contributed by atoms with Gasteiger partial charge in [0.15, 0.2) is 5.65 Å². The predicted octanol–water partition coefficient (Wildman–Crippen LogP) is 2.67. The summed E-state index contributed by atoms with van der Waals surface area (Å²) in [5, 5.41) is 4.33. The van der Waals surface area contributed by atoms with Gasteiger partial charge in [-0.25, -0.2) is 15.0 Å². The van der Waals surface area contributed by atoms with Crippen LogP contribution in [0.2, 0.25) is 0 Å². The minimum absolute atomic E-state index is 0.484. The molecule has 3 rings (SSSR count). The molecular formula is C17H26N6. The fourth-order valence-corrected chi connectivity index (χ4v) is 3.23. The third-order valence-corrected chi connectivity index (χ3v) is 4.62. The van der Waals surface area contributed by atoms with E-state index in [4.69, 9.17) is 5.73 Å². The van der Waals surface area contributed by atoms with Crippen LogP contribution in [-0.4, -0.2) is 45.5 Å². The Balaban J connectivity index is 1.47. The van der Waals surface area contributed by atoms with Crippen LogP contribution in [0.15, 0.2) is 18.5 Å². The summed E-state index contributed by atoms with van der Waals surface area (Å²) in [6, 6.07) is 4.46. The number of hydrogen-bond acceptors (Lipinski definition) is 6. The van der Waals surface area contributed by atoms with Gasteiger partial charge in [-0.1, -0.05) is 6.42 Å². The van der Waals surface area contributed by atoms with Crippen LogP contribution in [0, 0.1) is 0 Å². The number of aromatic nitrogens is 3. The molecule has 0 saturated carbocycles. The van der Waals surface area contributed by atoms with Gasteiger partial charge in [-0.05, 0) is 57.8 Å². The molecule has 1 aliphatic heterocycles. The molecule has 124 valence electrons. The van der Waals surface area contributed by atoms with Crippen LogP contribution in [0.25, 0.3) is 11.0 Å². The van der Waals surface area contributed by atoms with E-state index in [2.05, 4.69) is 32.1 Å². The Morgan fingerprint density at radius 1 is 1.26 bits per heavy atom. The lowest BCUT2D eigenvalue weighted by Gasteiger charge is -2.33. The Hall–Kier alpha value is -1.95. The lowest BCUT2D eigenvalue weighted by Crippen LogP contribution is -2.38. The van der Waals surface area contributed by atoms with E-state index >= 15 is 0 Å². The molecule has 1 atom stereocenters. The van der Waals surface area contributed by atoms with E-state index in [0.717, 1.165) is 30.2 Å². The van der Waals surface area contributed by atoms with Gasteiger partial charge in [0.25, 0.3) is 0 Å². The number of piperidine rings is 1. The van der Waals surface area contributed by atoms with Gasteiger partial charge in [0.05, 0.1) is 5.39 Å². The largest absolute Gasteiger partial charge is 0.384 e. The number of unbranched alkanes of at least 4 members (excludes halogenated alkanes) is 1. The molecule has 1 aliphatic rings. The summed E-state index contributed by atoms with van der Waals surface area (Å²) < 4.78 is 0. The van der Waals surface area contributed by atoms with E-state index < -0.39 is 0 Å². The van der Waals surface area contributed by atoms with Crippen LogP contribution in [0.4, 0.5) is 11.6 Å². The Bertz CT molecular complexity index is 644. The molecule has 3 heterocycles. The van der Waals surface area contributed by atoms with Crippen molar-refractivity contribution in [3.63, 3.8) is 0 Å². The molecular weight excluding hydrogens is 288 g/mol. The van der Waals surface area contributed by atoms with Gasteiger partial charge < -0.3 is 16.0 Å². The molecule has 0 aliphatic carbocycles. The van der Waals surface area contributed by atoms with Crippen molar-refractivity contribution >= 4 is 22.7 Å². The predicted molar refractivity (Wildman–Crippen MR) is 94.4 cm³/mol. The van der Waals surface area contributed by atoms with Gasteiger partial charge in [-0.2, -0.15) is 0 Å². The summed E-state index contributed by atoms with van der Waals surface area (Å²) in [6.45, 7) is 5.73. The molecule has 0 amide bonds. The van der Waals surface area contributed by atoms with Crippen LogP contribution < -0.4 is 11.1 Å². The molecule has 6 heteroatoms. The van der Waals surface area contributed by atoms with Crippen molar-refractivity contribution in [1.29, 1.82) is 0 Å². The number of pyridine rings is 1. The topological polar surface area (TPSA) is 80.0 Å². The summed E-state index contributed by atoms with van der Waals surface area (Å²) in [6.07, 6.45) is 7.97. The first kappa shape index (κ1) is 15.9. The fourth-order valence-electron chi connectivity index (χ4n) is 3.23. The van der Waals surface area contributed by atoms with Crippen molar-refractivity contribution in [2.45, 2.75) is 45.1 Å². The van der Waals surface area contributed by atoms with Crippen LogP contribution in [-0.2, 0) is 0 Å². The maximum atomic E-state index is 5.70. The number of fused-ring (bicyclic) bond motifs is 1. The highest BCUT2D eigenvalue weighted by atomic mass is 15.2. The molecule has 0 aromatic carbocycles. The van der Waals surface area contributed by atoms with Gasteiger partial charge in [-0.3, -0.25) is 0 Å². The molecule has 2 aromatic rings. The molecule has 2 aromatic heterocycles. The quantitative estimate of drug-likeness (QED) is 0.798. The Morgan fingerprint density at radius 2 is 2.17 bits per heavy atom. The minimum Gasteiger partial charge on any atom is -0.384 e. The van der Waals surface area contributed by atoms with Crippen LogP contribution >= 0.6 is 0 Å². The van der Waals surface area contributed by atoms with E-state index in [1.54, 1.807) is 6.07 Å². The third-order valence-electron chi connectivity index (χ3n) is 4.62. The zero-order valence-corrected chi connectivity index (χ0v) is 13.8. The zero-order chi connectivity index (χ0) is 16.1. The SMILES string of the molecule is CC1CCCCN1CCCCNc1ncnc2nc(N)ccc12. The Kier molecular flexibility index (Phi) is 5.23. The van der Waals surface area contributed by atoms with Crippen molar-refractivity contribution in [2.24, 2.45) is 0 Å². The highest BCUT2D eigenvalue weighted by Gasteiger charge is 2.16. The summed E-state index contributed by atoms with van der Waals surface area (Å²) in [5.41, 5.74) is 6.34. The first-order valence-corrected chi connectivity index (χ1v) is 8.59. The second-order valence-electron chi connectivity index (χ2n) is 6.34. The van der Waals surface area contributed by atoms with Crippen LogP contribution in [0.1, 0.15) is 39.0 Å². The number of hydrogen-bond donors (Lipinski definition) is 2. The number of nitrogens with zero attached hydrogens (tertiary/aromatic N) is 4. The molecule has 1 saturated heterocycles. The zero-order valence-electron chi connectivity index (χ0n) is 13.8. The highest BCUT2D eigenvalue weighted by molar-refractivity contribution is 5.86. The molecule has 0 radical (unpaired) electrons. The van der Waals surface area contributed by atoms with Gasteiger partial charge in [0.1, 0.15) is 18.0 Å². The second-order valence-corrected chi connectivity index (χ2v) is 6.34. The normalized spacial score (nSPS) is 19.1. The smallest absolute Gasteiger partial charge is 0.166 e. The molecule has 0 spiro atoms. The second kappa shape index (κ2) is 7.55. The molecule has 3 N–H and O–H groups in total. The highest BCUT2D eigenvalue weighted by Crippen LogP contribution is 2.19. The van der Waals surface area contributed by atoms with Crippen molar-refractivity contribution in [2.75, 3.05) is 30.7 Å². The Labute approximate surface area is 137 Å². The Morgan fingerprint density at radius 3 is 3.04 bits per heavy atom. The molecule has 1 unspecified atom stereocenters. The van der Waals surface area contributed by atoms with E-state index in [1.807, 2.05) is 6.07 Å².